The molecule has 1 aromatic carbocycles. The Morgan fingerprint density at radius 3 is 2.38 bits per heavy atom. The highest BCUT2D eigenvalue weighted by molar-refractivity contribution is 6.09. The normalized spacial score (nSPS) is 23.7. The van der Waals surface area contributed by atoms with E-state index in [-0.39, 0.29) is 36.3 Å². The number of carbonyl (C=O) groups is 3. The molecule has 5 rings (SSSR count). The van der Waals surface area contributed by atoms with Crippen LogP contribution >= 0.6 is 0 Å². The van der Waals surface area contributed by atoms with E-state index in [0.29, 0.717) is 11.3 Å². The molecule has 3 aliphatic heterocycles. The molecular formula is C25H34N4O3. The molecule has 1 unspecified atom stereocenters. The molecule has 172 valence electrons. The fourth-order valence-electron chi connectivity index (χ4n) is 5.82. The molecule has 2 saturated heterocycles. The first-order chi connectivity index (χ1) is 15.6. The molecule has 3 amide bonds. The topological polar surface area (TPSA) is 73.0 Å². The zero-order chi connectivity index (χ0) is 22.1. The standard InChI is InChI=1S/C25H34N4O3/c30-23(26-19-8-2-3-9-19)17-29-22-16-18(24(31)27-13-5-1-6-14-27)11-12-20(22)28-15-7-4-10-21(28)25(29)32/h11-12,16,19,21H,1-10,13-15,17H2,(H,26,30). The van der Waals surface area contributed by atoms with E-state index in [2.05, 4.69) is 10.2 Å². The van der Waals surface area contributed by atoms with Crippen LogP contribution in [0, 0.1) is 0 Å². The molecule has 1 aliphatic carbocycles. The van der Waals surface area contributed by atoms with Gasteiger partial charge in [-0.2, -0.15) is 0 Å². The van der Waals surface area contributed by atoms with Gasteiger partial charge in [-0.25, -0.2) is 0 Å². The van der Waals surface area contributed by atoms with Gasteiger partial charge in [0.05, 0.1) is 11.4 Å². The van der Waals surface area contributed by atoms with Gasteiger partial charge in [0, 0.05) is 31.2 Å². The van der Waals surface area contributed by atoms with Gasteiger partial charge in [0.25, 0.3) is 5.91 Å². The van der Waals surface area contributed by atoms with Gasteiger partial charge in [0.15, 0.2) is 0 Å². The van der Waals surface area contributed by atoms with E-state index in [1.807, 2.05) is 23.1 Å². The maximum atomic E-state index is 13.5. The zero-order valence-corrected chi connectivity index (χ0v) is 18.9. The van der Waals surface area contributed by atoms with Gasteiger partial charge in [0.1, 0.15) is 12.6 Å². The molecule has 7 heteroatoms. The maximum absolute atomic E-state index is 13.5. The largest absolute Gasteiger partial charge is 0.358 e. The summed E-state index contributed by atoms with van der Waals surface area (Å²) in [4.78, 5) is 45.2. The van der Waals surface area contributed by atoms with Crippen LogP contribution in [0.1, 0.15) is 74.6 Å². The van der Waals surface area contributed by atoms with E-state index >= 15 is 0 Å². The van der Waals surface area contributed by atoms with Crippen molar-refractivity contribution in [1.82, 2.24) is 10.2 Å². The Balaban J connectivity index is 1.43. The highest BCUT2D eigenvalue weighted by Gasteiger charge is 2.40. The summed E-state index contributed by atoms with van der Waals surface area (Å²) >= 11 is 0. The lowest BCUT2D eigenvalue weighted by Gasteiger charge is -2.45. The van der Waals surface area contributed by atoms with Crippen LogP contribution in [0.15, 0.2) is 18.2 Å². The Bertz CT molecular complexity index is 889. The van der Waals surface area contributed by atoms with Gasteiger partial charge < -0.3 is 15.1 Å². The van der Waals surface area contributed by atoms with Gasteiger partial charge in [0.2, 0.25) is 11.8 Å². The minimum Gasteiger partial charge on any atom is -0.358 e. The number of hydrogen-bond donors (Lipinski definition) is 1. The van der Waals surface area contributed by atoms with E-state index in [1.165, 1.54) is 6.42 Å². The number of piperidine rings is 2. The quantitative estimate of drug-likeness (QED) is 0.784. The van der Waals surface area contributed by atoms with E-state index in [9.17, 15) is 14.4 Å². The summed E-state index contributed by atoms with van der Waals surface area (Å²) in [6, 6.07) is 5.74. The predicted molar refractivity (Wildman–Crippen MR) is 124 cm³/mol. The van der Waals surface area contributed by atoms with Crippen LogP contribution in [0.2, 0.25) is 0 Å². The molecule has 1 saturated carbocycles. The number of amides is 3. The Hall–Kier alpha value is -2.57. The number of nitrogens with one attached hydrogen (secondary N) is 1. The molecule has 0 bridgehead atoms. The summed E-state index contributed by atoms with van der Waals surface area (Å²) in [5.41, 5.74) is 2.28. The van der Waals surface area contributed by atoms with E-state index in [4.69, 9.17) is 0 Å². The number of carbonyl (C=O) groups excluding carboxylic acids is 3. The molecular weight excluding hydrogens is 404 g/mol. The first kappa shape index (κ1) is 21.3. The molecule has 0 radical (unpaired) electrons. The van der Waals surface area contributed by atoms with E-state index in [1.54, 1.807) is 4.90 Å². The Morgan fingerprint density at radius 1 is 0.875 bits per heavy atom. The number of rotatable bonds is 4. The monoisotopic (exact) mass is 438 g/mol. The van der Waals surface area contributed by atoms with Crippen LogP contribution in [0.3, 0.4) is 0 Å². The number of anilines is 2. The summed E-state index contributed by atoms with van der Waals surface area (Å²) in [6.07, 6.45) is 10.5. The maximum Gasteiger partial charge on any atom is 0.253 e. The summed E-state index contributed by atoms with van der Waals surface area (Å²) < 4.78 is 0. The average molecular weight is 439 g/mol. The van der Waals surface area contributed by atoms with Crippen molar-refractivity contribution >= 4 is 29.1 Å². The van der Waals surface area contributed by atoms with Crippen molar-refractivity contribution in [3.8, 4) is 0 Å². The van der Waals surface area contributed by atoms with Crippen LogP contribution in [0.4, 0.5) is 11.4 Å². The number of fused-ring (bicyclic) bond motifs is 3. The number of hydrogen-bond acceptors (Lipinski definition) is 4. The van der Waals surface area contributed by atoms with Crippen LogP contribution in [-0.2, 0) is 9.59 Å². The van der Waals surface area contributed by atoms with Crippen LogP contribution in [0.25, 0.3) is 0 Å². The lowest BCUT2D eigenvalue weighted by Crippen LogP contribution is -2.57. The molecule has 0 spiro atoms. The molecule has 1 aromatic rings. The minimum atomic E-state index is -0.209. The SMILES string of the molecule is O=C(CN1C(=O)C2CCCCN2c2ccc(C(=O)N3CCCCC3)cc21)NC1CCCC1. The van der Waals surface area contributed by atoms with Gasteiger partial charge in [-0.05, 0) is 69.6 Å². The zero-order valence-electron chi connectivity index (χ0n) is 18.9. The van der Waals surface area contributed by atoms with Crippen LogP contribution in [-0.4, -0.2) is 60.9 Å². The molecule has 0 aromatic heterocycles. The lowest BCUT2D eigenvalue weighted by atomic mass is 9.95. The molecule has 32 heavy (non-hydrogen) atoms. The van der Waals surface area contributed by atoms with E-state index < -0.39 is 0 Å². The van der Waals surface area contributed by atoms with Gasteiger partial charge in [-0.3, -0.25) is 19.3 Å². The Labute approximate surface area is 190 Å². The minimum absolute atomic E-state index is 0.0126. The highest BCUT2D eigenvalue weighted by Crippen LogP contribution is 2.40. The number of likely N-dealkylation sites (tertiary alicyclic amines) is 1. The first-order valence-electron chi connectivity index (χ1n) is 12.4. The second-order valence-electron chi connectivity index (χ2n) is 9.73. The Kier molecular flexibility index (Phi) is 6.07. The van der Waals surface area contributed by atoms with Crippen molar-refractivity contribution in [2.45, 2.75) is 76.3 Å². The number of nitrogens with zero attached hydrogens (tertiary/aromatic N) is 3. The molecule has 1 N–H and O–H groups in total. The summed E-state index contributed by atoms with van der Waals surface area (Å²) in [6.45, 7) is 2.44. The second kappa shape index (κ2) is 9.12. The molecule has 3 fully saturated rings. The fraction of sp³-hybridized carbons (Fsp3) is 0.640. The summed E-state index contributed by atoms with van der Waals surface area (Å²) in [5.74, 6) is -0.0920. The highest BCUT2D eigenvalue weighted by atomic mass is 16.2. The van der Waals surface area contributed by atoms with Crippen molar-refractivity contribution in [1.29, 1.82) is 0 Å². The first-order valence-corrected chi connectivity index (χ1v) is 12.4. The third kappa shape index (κ3) is 4.09. The van der Waals surface area contributed by atoms with Crippen molar-refractivity contribution in [3.05, 3.63) is 23.8 Å². The van der Waals surface area contributed by atoms with Crippen LogP contribution < -0.4 is 15.1 Å². The third-order valence-corrected chi connectivity index (χ3v) is 7.54. The average Bonchev–Trinajstić information content (AvgIpc) is 3.34. The van der Waals surface area contributed by atoms with Crippen molar-refractivity contribution in [2.24, 2.45) is 0 Å². The van der Waals surface area contributed by atoms with Gasteiger partial charge >= 0.3 is 0 Å². The lowest BCUT2D eigenvalue weighted by molar-refractivity contribution is -0.125. The number of benzene rings is 1. The van der Waals surface area contributed by atoms with Crippen molar-refractivity contribution < 1.29 is 14.4 Å². The summed E-state index contributed by atoms with van der Waals surface area (Å²) in [5, 5.41) is 3.12. The molecule has 1 atom stereocenters. The van der Waals surface area contributed by atoms with E-state index in [0.717, 1.165) is 83.1 Å². The molecule has 3 heterocycles. The van der Waals surface area contributed by atoms with Gasteiger partial charge in [-0.15, -0.1) is 0 Å². The van der Waals surface area contributed by atoms with Crippen molar-refractivity contribution in [3.63, 3.8) is 0 Å². The van der Waals surface area contributed by atoms with Crippen molar-refractivity contribution in [2.75, 3.05) is 36.0 Å². The smallest absolute Gasteiger partial charge is 0.253 e. The third-order valence-electron chi connectivity index (χ3n) is 7.54. The Morgan fingerprint density at radius 2 is 1.59 bits per heavy atom. The van der Waals surface area contributed by atoms with Gasteiger partial charge in [-0.1, -0.05) is 12.8 Å². The molecule has 7 nitrogen and oxygen atoms in total. The molecule has 4 aliphatic rings. The summed E-state index contributed by atoms with van der Waals surface area (Å²) in [7, 11) is 0. The predicted octanol–water partition coefficient (Wildman–Crippen LogP) is 3.08. The second-order valence-corrected chi connectivity index (χ2v) is 9.73. The van der Waals surface area contributed by atoms with Crippen LogP contribution in [0.5, 0.6) is 0 Å². The fourth-order valence-corrected chi connectivity index (χ4v) is 5.82.